The van der Waals surface area contributed by atoms with Crippen LogP contribution in [0.15, 0.2) is 47.3 Å². The van der Waals surface area contributed by atoms with Gasteiger partial charge >= 0.3 is 5.69 Å². The van der Waals surface area contributed by atoms with E-state index in [1.807, 2.05) is 18.2 Å². The van der Waals surface area contributed by atoms with E-state index < -0.39 is 0 Å². The molecule has 4 nitrogen and oxygen atoms in total. The molecule has 0 spiro atoms. The van der Waals surface area contributed by atoms with E-state index in [2.05, 4.69) is 53.4 Å². The lowest BCUT2D eigenvalue weighted by molar-refractivity contribution is 0.884. The number of benzene rings is 2. The Bertz CT molecular complexity index is 783. The SMILES string of the molecule is Cc1ccc(C(C)Nc2ccc3[nH]c(=O)[nH]c3c2)cc1. The van der Waals surface area contributed by atoms with E-state index in [1.165, 1.54) is 11.1 Å². The van der Waals surface area contributed by atoms with Gasteiger partial charge in [0.05, 0.1) is 11.0 Å². The zero-order chi connectivity index (χ0) is 14.1. The second-order valence-electron chi connectivity index (χ2n) is 5.12. The summed E-state index contributed by atoms with van der Waals surface area (Å²) in [6.45, 7) is 4.20. The number of imidazole rings is 1. The summed E-state index contributed by atoms with van der Waals surface area (Å²) in [6.07, 6.45) is 0. The number of fused-ring (bicyclic) bond motifs is 1. The smallest absolute Gasteiger partial charge is 0.323 e. The summed E-state index contributed by atoms with van der Waals surface area (Å²) in [5.74, 6) is 0. The molecule has 0 fully saturated rings. The summed E-state index contributed by atoms with van der Waals surface area (Å²) in [7, 11) is 0. The highest BCUT2D eigenvalue weighted by Gasteiger charge is 2.06. The van der Waals surface area contributed by atoms with Crippen LogP contribution < -0.4 is 11.0 Å². The van der Waals surface area contributed by atoms with Crippen LogP contribution in [0, 0.1) is 6.92 Å². The third-order valence-corrected chi connectivity index (χ3v) is 3.48. The van der Waals surface area contributed by atoms with Gasteiger partial charge < -0.3 is 15.3 Å². The monoisotopic (exact) mass is 267 g/mol. The van der Waals surface area contributed by atoms with Crippen molar-refractivity contribution in [2.45, 2.75) is 19.9 Å². The fourth-order valence-electron chi connectivity index (χ4n) is 2.31. The minimum absolute atomic E-state index is 0.177. The lowest BCUT2D eigenvalue weighted by Gasteiger charge is -2.16. The Morgan fingerprint density at radius 3 is 2.45 bits per heavy atom. The van der Waals surface area contributed by atoms with E-state index in [0.717, 1.165) is 16.7 Å². The molecule has 1 aromatic heterocycles. The van der Waals surface area contributed by atoms with Crippen molar-refractivity contribution in [3.63, 3.8) is 0 Å². The molecule has 3 aromatic rings. The zero-order valence-electron chi connectivity index (χ0n) is 11.5. The molecular formula is C16H17N3O. The Morgan fingerprint density at radius 1 is 1.00 bits per heavy atom. The van der Waals surface area contributed by atoms with Gasteiger partial charge in [-0.25, -0.2) is 4.79 Å². The van der Waals surface area contributed by atoms with Gasteiger partial charge in [0.15, 0.2) is 0 Å². The predicted octanol–water partition coefficient (Wildman–Crippen LogP) is 3.34. The van der Waals surface area contributed by atoms with Gasteiger partial charge in [-0.2, -0.15) is 0 Å². The molecule has 0 bridgehead atoms. The van der Waals surface area contributed by atoms with E-state index in [1.54, 1.807) is 0 Å². The highest BCUT2D eigenvalue weighted by atomic mass is 16.1. The van der Waals surface area contributed by atoms with Gasteiger partial charge in [-0.3, -0.25) is 0 Å². The van der Waals surface area contributed by atoms with Crippen molar-refractivity contribution in [3.8, 4) is 0 Å². The largest absolute Gasteiger partial charge is 0.378 e. The molecule has 0 aliphatic heterocycles. The molecule has 1 heterocycles. The molecule has 0 aliphatic carbocycles. The number of hydrogen-bond donors (Lipinski definition) is 3. The number of aryl methyl sites for hydroxylation is 1. The van der Waals surface area contributed by atoms with Crippen LogP contribution in [0.4, 0.5) is 5.69 Å². The van der Waals surface area contributed by atoms with Crippen molar-refractivity contribution in [1.82, 2.24) is 9.97 Å². The summed E-state index contributed by atoms with van der Waals surface area (Å²) in [4.78, 5) is 16.8. The molecular weight excluding hydrogens is 250 g/mol. The third kappa shape index (κ3) is 2.45. The molecule has 20 heavy (non-hydrogen) atoms. The van der Waals surface area contributed by atoms with Gasteiger partial charge in [-0.15, -0.1) is 0 Å². The quantitative estimate of drug-likeness (QED) is 0.681. The lowest BCUT2D eigenvalue weighted by Crippen LogP contribution is -2.06. The molecule has 3 rings (SSSR count). The Hall–Kier alpha value is -2.49. The first kappa shape index (κ1) is 12.5. The number of hydrogen-bond acceptors (Lipinski definition) is 2. The van der Waals surface area contributed by atoms with Crippen molar-refractivity contribution in [3.05, 3.63) is 64.1 Å². The molecule has 0 radical (unpaired) electrons. The molecule has 1 atom stereocenters. The molecule has 0 saturated heterocycles. The average molecular weight is 267 g/mol. The maximum atomic E-state index is 11.2. The van der Waals surface area contributed by atoms with E-state index in [9.17, 15) is 4.79 Å². The highest BCUT2D eigenvalue weighted by Crippen LogP contribution is 2.21. The molecule has 2 aromatic carbocycles. The Kier molecular flexibility index (Phi) is 3.06. The first-order chi connectivity index (χ1) is 9.61. The summed E-state index contributed by atoms with van der Waals surface area (Å²) >= 11 is 0. The van der Waals surface area contributed by atoms with Crippen molar-refractivity contribution in [2.75, 3.05) is 5.32 Å². The van der Waals surface area contributed by atoms with Crippen LogP contribution in [-0.4, -0.2) is 9.97 Å². The summed E-state index contributed by atoms with van der Waals surface area (Å²) in [5, 5.41) is 3.44. The number of H-pyrrole nitrogens is 2. The summed E-state index contributed by atoms with van der Waals surface area (Å²) in [6, 6.07) is 14.5. The fraction of sp³-hybridized carbons (Fsp3) is 0.188. The number of rotatable bonds is 3. The van der Waals surface area contributed by atoms with Gasteiger partial charge in [0.1, 0.15) is 0 Å². The van der Waals surface area contributed by atoms with Crippen molar-refractivity contribution < 1.29 is 0 Å². The van der Waals surface area contributed by atoms with Crippen LogP contribution in [0.3, 0.4) is 0 Å². The molecule has 0 saturated carbocycles. The van der Waals surface area contributed by atoms with Crippen LogP contribution in [-0.2, 0) is 0 Å². The van der Waals surface area contributed by atoms with Gasteiger partial charge in [0.25, 0.3) is 0 Å². The van der Waals surface area contributed by atoms with Gasteiger partial charge in [0.2, 0.25) is 0 Å². The molecule has 0 aliphatic rings. The summed E-state index contributed by atoms with van der Waals surface area (Å²) in [5.41, 5.74) is 4.94. The van der Waals surface area contributed by atoms with Crippen molar-refractivity contribution >= 4 is 16.7 Å². The topological polar surface area (TPSA) is 60.7 Å². The van der Waals surface area contributed by atoms with Crippen LogP contribution in [0.1, 0.15) is 24.1 Å². The minimum Gasteiger partial charge on any atom is -0.378 e. The first-order valence-corrected chi connectivity index (χ1v) is 6.67. The number of aromatic amines is 2. The predicted molar refractivity (Wildman–Crippen MR) is 82.1 cm³/mol. The lowest BCUT2D eigenvalue weighted by atomic mass is 10.1. The fourth-order valence-corrected chi connectivity index (χ4v) is 2.31. The van der Waals surface area contributed by atoms with Crippen LogP contribution in [0.2, 0.25) is 0 Å². The minimum atomic E-state index is -0.177. The second-order valence-corrected chi connectivity index (χ2v) is 5.12. The second kappa shape index (κ2) is 4.89. The molecule has 0 amide bonds. The number of nitrogens with one attached hydrogen (secondary N) is 3. The van der Waals surface area contributed by atoms with Crippen LogP contribution in [0.25, 0.3) is 11.0 Å². The van der Waals surface area contributed by atoms with E-state index in [4.69, 9.17) is 0 Å². The number of aromatic nitrogens is 2. The molecule has 3 N–H and O–H groups in total. The van der Waals surface area contributed by atoms with Gasteiger partial charge in [0, 0.05) is 11.7 Å². The number of anilines is 1. The van der Waals surface area contributed by atoms with E-state index >= 15 is 0 Å². The van der Waals surface area contributed by atoms with E-state index in [-0.39, 0.29) is 11.7 Å². The van der Waals surface area contributed by atoms with Crippen LogP contribution in [0.5, 0.6) is 0 Å². The Labute approximate surface area is 116 Å². The maximum absolute atomic E-state index is 11.2. The van der Waals surface area contributed by atoms with Crippen molar-refractivity contribution in [2.24, 2.45) is 0 Å². The third-order valence-electron chi connectivity index (χ3n) is 3.48. The maximum Gasteiger partial charge on any atom is 0.323 e. The molecule has 1 unspecified atom stereocenters. The zero-order valence-corrected chi connectivity index (χ0v) is 11.5. The van der Waals surface area contributed by atoms with E-state index in [0.29, 0.717) is 0 Å². The molecule has 102 valence electrons. The highest BCUT2D eigenvalue weighted by molar-refractivity contribution is 5.78. The van der Waals surface area contributed by atoms with Gasteiger partial charge in [-0.1, -0.05) is 29.8 Å². The standard InChI is InChI=1S/C16H17N3O/c1-10-3-5-12(6-4-10)11(2)17-13-7-8-14-15(9-13)19-16(20)18-14/h3-9,11,17H,1-2H3,(H2,18,19,20). The average Bonchev–Trinajstić information content (AvgIpc) is 2.78. The van der Waals surface area contributed by atoms with Crippen LogP contribution >= 0.6 is 0 Å². The Balaban J connectivity index is 1.84. The summed E-state index contributed by atoms with van der Waals surface area (Å²) < 4.78 is 0. The first-order valence-electron chi connectivity index (χ1n) is 6.67. The van der Waals surface area contributed by atoms with Gasteiger partial charge in [-0.05, 0) is 37.6 Å². The van der Waals surface area contributed by atoms with Crippen molar-refractivity contribution in [1.29, 1.82) is 0 Å². The normalized spacial score (nSPS) is 12.5. The molecule has 4 heteroatoms. The Morgan fingerprint density at radius 2 is 1.70 bits per heavy atom.